The molecule has 0 aromatic carbocycles. The molecule has 0 N–H and O–H groups in total. The number of rotatable bonds is 5. The predicted molar refractivity (Wildman–Crippen MR) is 67.4 cm³/mol. The monoisotopic (exact) mass is 261 g/mol. The molecule has 0 saturated carbocycles. The summed E-state index contributed by atoms with van der Waals surface area (Å²) in [5.41, 5.74) is 0.822. The van der Waals surface area contributed by atoms with E-state index >= 15 is 0 Å². The van der Waals surface area contributed by atoms with E-state index in [1.165, 1.54) is 11.3 Å². The standard InChI is InChI=1S/C13H11NO3S/c15-8-11-3-4-12(18-11)9-17-13(16)6-10-2-1-5-14-7-10/h1-5,7-8H,6,9H2. The highest BCUT2D eigenvalue weighted by Gasteiger charge is 2.06. The Morgan fingerprint density at radius 2 is 2.28 bits per heavy atom. The van der Waals surface area contributed by atoms with E-state index in [4.69, 9.17) is 4.74 Å². The summed E-state index contributed by atoms with van der Waals surface area (Å²) in [6, 6.07) is 7.09. The zero-order valence-electron chi connectivity index (χ0n) is 9.54. The van der Waals surface area contributed by atoms with Crippen LogP contribution in [0.3, 0.4) is 0 Å². The zero-order chi connectivity index (χ0) is 12.8. The molecule has 0 unspecified atom stereocenters. The van der Waals surface area contributed by atoms with Gasteiger partial charge in [0.15, 0.2) is 6.29 Å². The summed E-state index contributed by atoms with van der Waals surface area (Å²) >= 11 is 1.32. The van der Waals surface area contributed by atoms with Crippen LogP contribution in [-0.4, -0.2) is 17.2 Å². The van der Waals surface area contributed by atoms with Gasteiger partial charge in [-0.1, -0.05) is 6.07 Å². The molecule has 0 aliphatic heterocycles. The van der Waals surface area contributed by atoms with Gasteiger partial charge in [-0.05, 0) is 23.8 Å². The van der Waals surface area contributed by atoms with E-state index in [1.54, 1.807) is 30.6 Å². The molecule has 0 bridgehead atoms. The third kappa shape index (κ3) is 3.49. The predicted octanol–water partition coefficient (Wildman–Crippen LogP) is 2.24. The molecular formula is C13H11NO3S. The summed E-state index contributed by atoms with van der Waals surface area (Å²) in [6.07, 6.45) is 4.28. The Bertz CT molecular complexity index is 536. The van der Waals surface area contributed by atoms with Crippen molar-refractivity contribution in [3.8, 4) is 0 Å². The molecule has 2 aromatic heterocycles. The van der Waals surface area contributed by atoms with Gasteiger partial charge in [-0.2, -0.15) is 0 Å². The molecule has 0 aliphatic carbocycles. The molecule has 4 nitrogen and oxygen atoms in total. The highest BCUT2D eigenvalue weighted by molar-refractivity contribution is 7.13. The smallest absolute Gasteiger partial charge is 0.310 e. The Hall–Kier alpha value is -2.01. The van der Waals surface area contributed by atoms with Gasteiger partial charge in [-0.3, -0.25) is 14.6 Å². The Morgan fingerprint density at radius 3 is 2.94 bits per heavy atom. The first-order valence-corrected chi connectivity index (χ1v) is 6.18. The number of carbonyl (C=O) groups is 2. The summed E-state index contributed by atoms with van der Waals surface area (Å²) in [5.74, 6) is -0.302. The van der Waals surface area contributed by atoms with Crippen molar-refractivity contribution in [1.29, 1.82) is 0 Å². The number of ether oxygens (including phenoxy) is 1. The van der Waals surface area contributed by atoms with Crippen molar-refractivity contribution >= 4 is 23.6 Å². The van der Waals surface area contributed by atoms with Crippen molar-refractivity contribution in [2.75, 3.05) is 0 Å². The van der Waals surface area contributed by atoms with Crippen LogP contribution < -0.4 is 0 Å². The van der Waals surface area contributed by atoms with Crippen molar-refractivity contribution in [2.24, 2.45) is 0 Å². The largest absolute Gasteiger partial charge is 0.460 e. The Labute approximate surface area is 108 Å². The second-order valence-corrected chi connectivity index (χ2v) is 4.82. The maximum Gasteiger partial charge on any atom is 0.310 e. The summed E-state index contributed by atoms with van der Waals surface area (Å²) < 4.78 is 5.12. The van der Waals surface area contributed by atoms with E-state index < -0.39 is 0 Å². The van der Waals surface area contributed by atoms with Crippen LogP contribution in [0.1, 0.15) is 20.1 Å². The number of aromatic nitrogens is 1. The number of aldehydes is 1. The lowest BCUT2D eigenvalue weighted by molar-refractivity contribution is -0.144. The van der Waals surface area contributed by atoms with Crippen LogP contribution in [0, 0.1) is 0 Å². The molecule has 92 valence electrons. The van der Waals surface area contributed by atoms with Crippen LogP contribution in [0.4, 0.5) is 0 Å². The minimum atomic E-state index is -0.302. The SMILES string of the molecule is O=Cc1ccc(COC(=O)Cc2cccnc2)s1. The van der Waals surface area contributed by atoms with Gasteiger partial charge >= 0.3 is 5.97 Å². The number of hydrogen-bond acceptors (Lipinski definition) is 5. The first-order valence-electron chi connectivity index (χ1n) is 5.36. The van der Waals surface area contributed by atoms with Gasteiger partial charge in [0.1, 0.15) is 6.61 Å². The zero-order valence-corrected chi connectivity index (χ0v) is 10.4. The molecule has 2 rings (SSSR count). The Morgan fingerprint density at radius 1 is 1.39 bits per heavy atom. The molecular weight excluding hydrogens is 250 g/mol. The van der Waals surface area contributed by atoms with E-state index in [-0.39, 0.29) is 19.0 Å². The average molecular weight is 261 g/mol. The lowest BCUT2D eigenvalue weighted by Crippen LogP contribution is -2.07. The molecule has 0 spiro atoms. The molecule has 0 radical (unpaired) electrons. The lowest BCUT2D eigenvalue weighted by Gasteiger charge is -2.02. The summed E-state index contributed by atoms with van der Waals surface area (Å²) in [7, 11) is 0. The van der Waals surface area contributed by atoms with Gasteiger partial charge in [0, 0.05) is 17.3 Å². The van der Waals surface area contributed by atoms with Crippen molar-refractivity contribution < 1.29 is 14.3 Å². The van der Waals surface area contributed by atoms with Crippen molar-refractivity contribution in [3.63, 3.8) is 0 Å². The normalized spacial score (nSPS) is 10.0. The molecule has 0 amide bonds. The van der Waals surface area contributed by atoms with Gasteiger partial charge in [-0.25, -0.2) is 0 Å². The highest BCUT2D eigenvalue weighted by Crippen LogP contribution is 2.15. The number of nitrogens with zero attached hydrogens (tertiary/aromatic N) is 1. The molecule has 18 heavy (non-hydrogen) atoms. The molecule has 0 fully saturated rings. The van der Waals surface area contributed by atoms with E-state index in [9.17, 15) is 9.59 Å². The molecule has 2 heterocycles. The summed E-state index contributed by atoms with van der Waals surface area (Å²) in [5, 5.41) is 0. The van der Waals surface area contributed by atoms with Crippen molar-refractivity contribution in [1.82, 2.24) is 4.98 Å². The number of pyridine rings is 1. The minimum absolute atomic E-state index is 0.206. The van der Waals surface area contributed by atoms with Crippen LogP contribution >= 0.6 is 11.3 Å². The van der Waals surface area contributed by atoms with Crippen molar-refractivity contribution in [3.05, 3.63) is 52.0 Å². The molecule has 0 saturated heterocycles. The first kappa shape index (κ1) is 12.4. The number of thiophene rings is 1. The quantitative estimate of drug-likeness (QED) is 0.612. The van der Waals surface area contributed by atoms with Gasteiger partial charge in [0.2, 0.25) is 0 Å². The number of esters is 1. The third-order valence-electron chi connectivity index (χ3n) is 2.25. The highest BCUT2D eigenvalue weighted by atomic mass is 32.1. The van der Waals surface area contributed by atoms with Gasteiger partial charge in [-0.15, -0.1) is 11.3 Å². The van der Waals surface area contributed by atoms with Crippen molar-refractivity contribution in [2.45, 2.75) is 13.0 Å². The van der Waals surface area contributed by atoms with Crippen LogP contribution in [-0.2, 0) is 22.6 Å². The lowest BCUT2D eigenvalue weighted by atomic mass is 10.2. The number of hydrogen-bond donors (Lipinski definition) is 0. The van der Waals surface area contributed by atoms with E-state index in [0.29, 0.717) is 4.88 Å². The van der Waals surface area contributed by atoms with Gasteiger partial charge < -0.3 is 4.74 Å². The maximum absolute atomic E-state index is 11.5. The van der Waals surface area contributed by atoms with Crippen LogP contribution in [0.15, 0.2) is 36.7 Å². The fourth-order valence-electron chi connectivity index (χ4n) is 1.41. The van der Waals surface area contributed by atoms with Crippen LogP contribution in [0.2, 0.25) is 0 Å². The maximum atomic E-state index is 11.5. The minimum Gasteiger partial charge on any atom is -0.460 e. The number of carbonyl (C=O) groups excluding carboxylic acids is 2. The average Bonchev–Trinajstić information content (AvgIpc) is 2.85. The Balaban J connectivity index is 1.83. The third-order valence-corrected chi connectivity index (χ3v) is 3.23. The van der Waals surface area contributed by atoms with Crippen LogP contribution in [0.25, 0.3) is 0 Å². The first-order chi connectivity index (χ1) is 8.78. The van der Waals surface area contributed by atoms with E-state index in [2.05, 4.69) is 4.98 Å². The van der Waals surface area contributed by atoms with E-state index in [0.717, 1.165) is 16.7 Å². The summed E-state index contributed by atoms with van der Waals surface area (Å²) in [4.78, 5) is 27.5. The van der Waals surface area contributed by atoms with Gasteiger partial charge in [0.05, 0.1) is 11.3 Å². The fraction of sp³-hybridized carbons (Fsp3) is 0.154. The van der Waals surface area contributed by atoms with Crippen LogP contribution in [0.5, 0.6) is 0 Å². The molecule has 5 heteroatoms. The topological polar surface area (TPSA) is 56.3 Å². The summed E-state index contributed by atoms with van der Waals surface area (Å²) in [6.45, 7) is 0.206. The van der Waals surface area contributed by atoms with Gasteiger partial charge in [0.25, 0.3) is 0 Å². The molecule has 0 atom stereocenters. The second kappa shape index (κ2) is 6.07. The van der Waals surface area contributed by atoms with E-state index in [1.807, 2.05) is 6.07 Å². The Kier molecular flexibility index (Phi) is 4.20. The molecule has 0 aliphatic rings. The molecule has 2 aromatic rings. The second-order valence-electron chi connectivity index (χ2n) is 3.62. The fourth-order valence-corrected chi connectivity index (χ4v) is 2.15.